The predicted octanol–water partition coefficient (Wildman–Crippen LogP) is 2.52. The smallest absolute Gasteiger partial charge is 0.260 e. The quantitative estimate of drug-likeness (QED) is 0.782. The minimum atomic E-state index is -0.417. The second-order valence-corrected chi connectivity index (χ2v) is 6.46. The molecule has 0 spiro atoms. The normalized spacial score (nSPS) is 14.6. The van der Waals surface area contributed by atoms with Gasteiger partial charge in [0.2, 0.25) is 5.91 Å². The van der Waals surface area contributed by atoms with Gasteiger partial charge in [0, 0.05) is 17.3 Å². The first-order valence-corrected chi connectivity index (χ1v) is 8.35. The number of aryl methyl sites for hydroxylation is 1. The highest BCUT2D eigenvalue weighted by molar-refractivity contribution is 5.94. The van der Waals surface area contributed by atoms with Gasteiger partial charge in [-0.15, -0.1) is 0 Å². The highest BCUT2D eigenvalue weighted by Gasteiger charge is 2.29. The maximum absolute atomic E-state index is 12.3. The molecule has 1 unspecified atom stereocenters. The van der Waals surface area contributed by atoms with Crippen LogP contribution < -0.4 is 16.2 Å². The highest BCUT2D eigenvalue weighted by atomic mass is 16.2. The van der Waals surface area contributed by atoms with Crippen LogP contribution in [0.1, 0.15) is 47.4 Å². The molecular weight excluding hydrogens is 318 g/mol. The van der Waals surface area contributed by atoms with Crippen LogP contribution in [0.3, 0.4) is 0 Å². The third-order valence-electron chi connectivity index (χ3n) is 4.27. The Bertz CT molecular complexity index is 851. The molecule has 3 N–H and O–H groups in total. The van der Waals surface area contributed by atoms with E-state index in [0.29, 0.717) is 5.69 Å². The zero-order chi connectivity index (χ0) is 18.0. The minimum Gasteiger partial charge on any atom is -0.345 e. The first-order chi connectivity index (χ1) is 11.9. The molecule has 1 aliphatic rings. The van der Waals surface area contributed by atoms with E-state index < -0.39 is 11.5 Å². The number of benzene rings is 1. The summed E-state index contributed by atoms with van der Waals surface area (Å²) in [7, 11) is 0. The number of hydrogen-bond donors (Lipinski definition) is 3. The van der Waals surface area contributed by atoms with E-state index in [9.17, 15) is 14.4 Å². The van der Waals surface area contributed by atoms with Gasteiger partial charge in [0.15, 0.2) is 0 Å². The second kappa shape index (κ2) is 6.93. The van der Waals surface area contributed by atoms with Gasteiger partial charge in [0.25, 0.3) is 11.5 Å². The van der Waals surface area contributed by atoms with Gasteiger partial charge in [-0.3, -0.25) is 14.4 Å². The number of nitrogens with one attached hydrogen (secondary N) is 3. The molecule has 1 aliphatic carbocycles. The van der Waals surface area contributed by atoms with Gasteiger partial charge >= 0.3 is 0 Å². The van der Waals surface area contributed by atoms with Gasteiger partial charge in [-0.25, -0.2) is 0 Å². The van der Waals surface area contributed by atoms with E-state index in [2.05, 4.69) is 15.6 Å². The zero-order valence-corrected chi connectivity index (χ0v) is 14.3. The molecule has 2 amide bonds. The van der Waals surface area contributed by atoms with Gasteiger partial charge in [0.05, 0.1) is 6.04 Å². The minimum absolute atomic E-state index is 0.0627. The van der Waals surface area contributed by atoms with Crippen LogP contribution in [-0.2, 0) is 4.79 Å². The summed E-state index contributed by atoms with van der Waals surface area (Å²) in [6.45, 7) is 3.60. The van der Waals surface area contributed by atoms with Gasteiger partial charge in [0.1, 0.15) is 5.56 Å². The molecular formula is C19H21N3O3. The van der Waals surface area contributed by atoms with Crippen molar-refractivity contribution in [3.05, 3.63) is 63.6 Å². The van der Waals surface area contributed by atoms with E-state index in [1.54, 1.807) is 13.0 Å². The average Bonchev–Trinajstić information content (AvgIpc) is 3.40. The van der Waals surface area contributed by atoms with E-state index in [1.807, 2.05) is 31.2 Å². The van der Waals surface area contributed by atoms with Crippen LogP contribution in [0.15, 0.2) is 41.2 Å². The largest absolute Gasteiger partial charge is 0.345 e. The number of carbonyl (C=O) groups is 2. The monoisotopic (exact) mass is 339 g/mol. The Morgan fingerprint density at radius 2 is 1.80 bits per heavy atom. The van der Waals surface area contributed by atoms with Crippen molar-refractivity contribution in [2.45, 2.75) is 32.7 Å². The maximum atomic E-state index is 12.3. The standard InChI is InChI=1S/C19H21N3O3/c1-11-3-10-16(18(24)20-11)19(25)21-12(2)13-6-8-15(9-7-13)22-17(23)14-4-5-14/h3,6-10,12,14H,4-5H2,1-2H3,(H,20,24)(H,21,25)(H,22,23). The Morgan fingerprint density at radius 1 is 1.12 bits per heavy atom. The number of aromatic amines is 1. The molecule has 0 aliphatic heterocycles. The summed E-state index contributed by atoms with van der Waals surface area (Å²) in [5, 5.41) is 5.69. The summed E-state index contributed by atoms with van der Waals surface area (Å²) < 4.78 is 0. The van der Waals surface area contributed by atoms with Crippen molar-refractivity contribution in [3.8, 4) is 0 Å². The molecule has 130 valence electrons. The molecule has 1 heterocycles. The van der Waals surface area contributed by atoms with Gasteiger partial charge in [-0.1, -0.05) is 12.1 Å². The second-order valence-electron chi connectivity index (χ2n) is 6.46. The third-order valence-corrected chi connectivity index (χ3v) is 4.27. The van der Waals surface area contributed by atoms with Crippen molar-refractivity contribution < 1.29 is 9.59 Å². The van der Waals surface area contributed by atoms with Crippen LogP contribution in [0.5, 0.6) is 0 Å². The molecule has 1 fully saturated rings. The fraction of sp³-hybridized carbons (Fsp3) is 0.316. The number of anilines is 1. The molecule has 1 aromatic carbocycles. The number of pyridine rings is 1. The third kappa shape index (κ3) is 4.15. The fourth-order valence-corrected chi connectivity index (χ4v) is 2.55. The summed E-state index contributed by atoms with van der Waals surface area (Å²) in [4.78, 5) is 38.5. The molecule has 6 nitrogen and oxygen atoms in total. The molecule has 0 saturated heterocycles. The molecule has 3 rings (SSSR count). The molecule has 1 atom stereocenters. The van der Waals surface area contributed by atoms with Crippen LogP contribution in [0, 0.1) is 12.8 Å². The Morgan fingerprint density at radius 3 is 2.40 bits per heavy atom. The summed E-state index contributed by atoms with van der Waals surface area (Å²) in [5.74, 6) is -0.196. The summed E-state index contributed by atoms with van der Waals surface area (Å²) >= 11 is 0. The summed E-state index contributed by atoms with van der Waals surface area (Å²) in [6.07, 6.45) is 1.93. The highest BCUT2D eigenvalue weighted by Crippen LogP contribution is 2.30. The van der Waals surface area contributed by atoms with E-state index in [1.165, 1.54) is 6.07 Å². The van der Waals surface area contributed by atoms with Crippen LogP contribution in [0.2, 0.25) is 0 Å². The lowest BCUT2D eigenvalue weighted by Gasteiger charge is -2.15. The molecule has 0 radical (unpaired) electrons. The first-order valence-electron chi connectivity index (χ1n) is 8.35. The van der Waals surface area contributed by atoms with E-state index in [0.717, 1.165) is 24.1 Å². The number of H-pyrrole nitrogens is 1. The van der Waals surface area contributed by atoms with Crippen molar-refractivity contribution in [3.63, 3.8) is 0 Å². The fourth-order valence-electron chi connectivity index (χ4n) is 2.55. The van der Waals surface area contributed by atoms with Crippen LogP contribution >= 0.6 is 0 Å². The zero-order valence-electron chi connectivity index (χ0n) is 14.3. The Balaban J connectivity index is 1.64. The summed E-state index contributed by atoms with van der Waals surface area (Å²) in [5.41, 5.74) is 2.03. The Labute approximate surface area is 145 Å². The van der Waals surface area contributed by atoms with Gasteiger partial charge in [-0.2, -0.15) is 0 Å². The van der Waals surface area contributed by atoms with Gasteiger partial charge in [-0.05, 0) is 56.5 Å². The molecule has 2 aromatic rings. The number of carbonyl (C=O) groups excluding carboxylic acids is 2. The molecule has 1 aromatic heterocycles. The molecule has 1 saturated carbocycles. The topological polar surface area (TPSA) is 91.1 Å². The number of hydrogen-bond acceptors (Lipinski definition) is 3. The van der Waals surface area contributed by atoms with Crippen molar-refractivity contribution >= 4 is 17.5 Å². The van der Waals surface area contributed by atoms with Gasteiger partial charge < -0.3 is 15.6 Å². The lowest BCUT2D eigenvalue weighted by atomic mass is 10.1. The first kappa shape index (κ1) is 17.0. The average molecular weight is 339 g/mol. The van der Waals surface area contributed by atoms with Crippen molar-refractivity contribution in [2.75, 3.05) is 5.32 Å². The van der Waals surface area contributed by atoms with Crippen molar-refractivity contribution in [1.82, 2.24) is 10.3 Å². The number of rotatable bonds is 5. The van der Waals surface area contributed by atoms with Crippen LogP contribution in [-0.4, -0.2) is 16.8 Å². The van der Waals surface area contributed by atoms with Crippen molar-refractivity contribution in [2.24, 2.45) is 5.92 Å². The van der Waals surface area contributed by atoms with Crippen LogP contribution in [0.4, 0.5) is 5.69 Å². The lowest BCUT2D eigenvalue weighted by molar-refractivity contribution is -0.117. The number of amides is 2. The molecule has 6 heteroatoms. The van der Waals surface area contributed by atoms with Crippen molar-refractivity contribution in [1.29, 1.82) is 0 Å². The number of aromatic nitrogens is 1. The molecule has 25 heavy (non-hydrogen) atoms. The summed E-state index contributed by atoms with van der Waals surface area (Å²) in [6, 6.07) is 10.3. The van der Waals surface area contributed by atoms with E-state index in [4.69, 9.17) is 0 Å². The Kier molecular flexibility index (Phi) is 4.70. The Hall–Kier alpha value is -2.89. The SMILES string of the molecule is Cc1ccc(C(=O)NC(C)c2ccc(NC(=O)C3CC3)cc2)c(=O)[nH]1. The molecule has 0 bridgehead atoms. The maximum Gasteiger partial charge on any atom is 0.260 e. The van der Waals surface area contributed by atoms with Crippen LogP contribution in [0.25, 0.3) is 0 Å². The predicted molar refractivity (Wildman–Crippen MR) is 95.5 cm³/mol. The van der Waals surface area contributed by atoms with E-state index in [-0.39, 0.29) is 23.4 Å². The lowest BCUT2D eigenvalue weighted by Crippen LogP contribution is -2.31. The van der Waals surface area contributed by atoms with E-state index >= 15 is 0 Å².